The highest BCUT2D eigenvalue weighted by Gasteiger charge is 2.21. The molecule has 0 unspecified atom stereocenters. The van der Waals surface area contributed by atoms with Crippen LogP contribution in [-0.4, -0.2) is 46.0 Å². The summed E-state index contributed by atoms with van der Waals surface area (Å²) in [5.41, 5.74) is 1.27. The van der Waals surface area contributed by atoms with E-state index in [2.05, 4.69) is 33.0 Å². The van der Waals surface area contributed by atoms with Crippen LogP contribution < -0.4 is 16.0 Å². The van der Waals surface area contributed by atoms with Gasteiger partial charge in [-0.25, -0.2) is 14.5 Å². The number of carbonyl (C=O) groups excluding carboxylic acids is 2. The van der Waals surface area contributed by atoms with Gasteiger partial charge in [0.2, 0.25) is 5.91 Å². The second-order valence-corrected chi connectivity index (χ2v) is 7.67. The van der Waals surface area contributed by atoms with Gasteiger partial charge in [-0.3, -0.25) is 4.79 Å². The molecule has 1 aliphatic rings. The summed E-state index contributed by atoms with van der Waals surface area (Å²) in [4.78, 5) is 28.2. The van der Waals surface area contributed by atoms with Gasteiger partial charge >= 0.3 is 6.03 Å². The Bertz CT molecular complexity index is 809. The summed E-state index contributed by atoms with van der Waals surface area (Å²) in [6, 6.07) is 6.16. The summed E-state index contributed by atoms with van der Waals surface area (Å²) in [6.45, 7) is 4.94. The lowest BCUT2D eigenvalue weighted by Crippen LogP contribution is -2.34. The lowest BCUT2D eigenvalue weighted by atomic mass is 9.88. The van der Waals surface area contributed by atoms with Crippen LogP contribution in [0.15, 0.2) is 36.9 Å². The maximum atomic E-state index is 12.3. The third-order valence-corrected chi connectivity index (χ3v) is 5.38. The standard InChI is InChI=1S/C21H30N6O3/c1-15-5-3-4-6-19(15)30-12-11-23-21(29)26-18-9-7-17(8-10-18)25-20(28)16(2)27-14-22-13-24-27/h7-10,13-16,19H,3-6,11-12H2,1-2H3,(H,25,28)(H2,23,26,29)/t15-,16-,19-/m1/s1. The first-order valence-corrected chi connectivity index (χ1v) is 10.4. The quantitative estimate of drug-likeness (QED) is 0.575. The average Bonchev–Trinajstić information content (AvgIpc) is 3.28. The van der Waals surface area contributed by atoms with E-state index in [1.807, 2.05) is 0 Å². The monoisotopic (exact) mass is 414 g/mol. The molecule has 9 heteroatoms. The van der Waals surface area contributed by atoms with Crippen molar-refractivity contribution < 1.29 is 14.3 Å². The number of aromatic nitrogens is 3. The van der Waals surface area contributed by atoms with E-state index in [-0.39, 0.29) is 11.9 Å². The van der Waals surface area contributed by atoms with Crippen LogP contribution in [0.3, 0.4) is 0 Å². The van der Waals surface area contributed by atoms with Gasteiger partial charge in [0, 0.05) is 17.9 Å². The van der Waals surface area contributed by atoms with Crippen LogP contribution in [0.5, 0.6) is 0 Å². The lowest BCUT2D eigenvalue weighted by Gasteiger charge is -2.28. The molecule has 3 atom stereocenters. The minimum atomic E-state index is -0.477. The SMILES string of the molecule is C[C@@H]1CCCC[C@H]1OCCNC(=O)Nc1ccc(NC(=O)[C@@H](C)n2cncn2)cc1. The van der Waals surface area contributed by atoms with Gasteiger partial charge in [0.25, 0.3) is 0 Å². The van der Waals surface area contributed by atoms with Crippen molar-refractivity contribution in [3.63, 3.8) is 0 Å². The topological polar surface area (TPSA) is 110 Å². The van der Waals surface area contributed by atoms with Gasteiger partial charge in [-0.05, 0) is 49.9 Å². The number of anilines is 2. The predicted molar refractivity (Wildman–Crippen MR) is 114 cm³/mol. The smallest absolute Gasteiger partial charge is 0.319 e. The molecule has 162 valence electrons. The summed E-state index contributed by atoms with van der Waals surface area (Å²) in [5, 5.41) is 12.4. The Morgan fingerprint density at radius 2 is 1.87 bits per heavy atom. The number of nitrogens with one attached hydrogen (secondary N) is 3. The largest absolute Gasteiger partial charge is 0.376 e. The summed E-state index contributed by atoms with van der Waals surface area (Å²) >= 11 is 0. The first-order valence-electron chi connectivity index (χ1n) is 10.4. The molecule has 1 saturated carbocycles. The van der Waals surface area contributed by atoms with Gasteiger partial charge in [-0.1, -0.05) is 19.8 Å². The molecule has 1 aromatic carbocycles. The number of urea groups is 1. The fraction of sp³-hybridized carbons (Fsp3) is 0.524. The van der Waals surface area contributed by atoms with E-state index in [0.717, 1.165) is 6.42 Å². The molecule has 3 amide bonds. The van der Waals surface area contributed by atoms with Crippen molar-refractivity contribution in [2.24, 2.45) is 5.92 Å². The van der Waals surface area contributed by atoms with Gasteiger partial charge in [0.15, 0.2) is 0 Å². The molecule has 9 nitrogen and oxygen atoms in total. The first-order chi connectivity index (χ1) is 14.5. The summed E-state index contributed by atoms with van der Waals surface area (Å²) in [5.74, 6) is 0.386. The van der Waals surface area contributed by atoms with E-state index < -0.39 is 6.04 Å². The molecule has 0 aliphatic heterocycles. The Balaban J connectivity index is 1.37. The number of hydrogen-bond donors (Lipinski definition) is 3. The number of amides is 3. The zero-order valence-corrected chi connectivity index (χ0v) is 17.5. The van der Waals surface area contributed by atoms with Gasteiger partial charge in [0.05, 0.1) is 12.7 Å². The van der Waals surface area contributed by atoms with E-state index in [4.69, 9.17) is 4.74 Å². The average molecular weight is 415 g/mol. The number of hydrogen-bond acceptors (Lipinski definition) is 5. The van der Waals surface area contributed by atoms with Crippen LogP contribution in [0.25, 0.3) is 0 Å². The summed E-state index contributed by atoms with van der Waals surface area (Å²) in [7, 11) is 0. The second-order valence-electron chi connectivity index (χ2n) is 7.67. The van der Waals surface area contributed by atoms with Crippen LogP contribution in [0, 0.1) is 5.92 Å². The highest BCUT2D eigenvalue weighted by atomic mass is 16.5. The molecular weight excluding hydrogens is 384 g/mol. The molecule has 0 radical (unpaired) electrons. The molecule has 1 heterocycles. The predicted octanol–water partition coefficient (Wildman–Crippen LogP) is 3.19. The highest BCUT2D eigenvalue weighted by Crippen LogP contribution is 2.26. The maximum absolute atomic E-state index is 12.3. The number of nitrogens with zero attached hydrogens (tertiary/aromatic N) is 3. The van der Waals surface area contributed by atoms with Crippen LogP contribution in [0.4, 0.5) is 16.2 Å². The third kappa shape index (κ3) is 6.28. The van der Waals surface area contributed by atoms with Crippen LogP contribution >= 0.6 is 0 Å². The minimum absolute atomic E-state index is 0.203. The molecule has 1 aliphatic carbocycles. The van der Waals surface area contributed by atoms with Crippen LogP contribution in [0.1, 0.15) is 45.6 Å². The second kappa shape index (κ2) is 10.7. The fourth-order valence-corrected chi connectivity index (χ4v) is 3.50. The third-order valence-electron chi connectivity index (χ3n) is 5.38. The Morgan fingerprint density at radius 3 is 2.53 bits per heavy atom. The minimum Gasteiger partial charge on any atom is -0.376 e. The number of rotatable bonds is 8. The summed E-state index contributed by atoms with van der Waals surface area (Å²) in [6.07, 6.45) is 8.01. The Kier molecular flexibility index (Phi) is 7.78. The van der Waals surface area contributed by atoms with E-state index in [0.29, 0.717) is 36.5 Å². The van der Waals surface area contributed by atoms with Gasteiger partial charge in [0.1, 0.15) is 18.7 Å². The maximum Gasteiger partial charge on any atom is 0.319 e. The van der Waals surface area contributed by atoms with Crippen molar-refractivity contribution in [2.75, 3.05) is 23.8 Å². The zero-order chi connectivity index (χ0) is 21.3. The van der Waals surface area contributed by atoms with Crippen molar-refractivity contribution in [3.8, 4) is 0 Å². The molecule has 3 rings (SSSR count). The highest BCUT2D eigenvalue weighted by molar-refractivity contribution is 5.94. The van der Waals surface area contributed by atoms with Crippen molar-refractivity contribution in [2.45, 2.75) is 51.7 Å². The van der Waals surface area contributed by atoms with E-state index in [1.165, 1.54) is 36.6 Å². The van der Waals surface area contributed by atoms with Crippen LogP contribution in [-0.2, 0) is 9.53 Å². The van der Waals surface area contributed by atoms with Crippen molar-refractivity contribution >= 4 is 23.3 Å². The first kappa shape index (κ1) is 21.8. The number of benzene rings is 1. The summed E-state index contributed by atoms with van der Waals surface area (Å²) < 4.78 is 7.38. The molecule has 1 aromatic heterocycles. The van der Waals surface area contributed by atoms with E-state index >= 15 is 0 Å². The van der Waals surface area contributed by atoms with Crippen LogP contribution in [0.2, 0.25) is 0 Å². The molecule has 1 fully saturated rings. The Morgan fingerprint density at radius 1 is 1.17 bits per heavy atom. The number of ether oxygens (including phenoxy) is 1. The van der Waals surface area contributed by atoms with E-state index in [9.17, 15) is 9.59 Å². The molecular formula is C21H30N6O3. The van der Waals surface area contributed by atoms with Gasteiger partial charge in [-0.15, -0.1) is 0 Å². The van der Waals surface area contributed by atoms with E-state index in [1.54, 1.807) is 31.2 Å². The molecule has 0 spiro atoms. The number of carbonyl (C=O) groups is 2. The van der Waals surface area contributed by atoms with Gasteiger partial charge < -0.3 is 20.7 Å². The molecule has 0 bridgehead atoms. The lowest BCUT2D eigenvalue weighted by molar-refractivity contribution is -0.119. The molecule has 2 aromatic rings. The van der Waals surface area contributed by atoms with Crippen molar-refractivity contribution in [3.05, 3.63) is 36.9 Å². The van der Waals surface area contributed by atoms with Crippen molar-refractivity contribution in [1.29, 1.82) is 0 Å². The fourth-order valence-electron chi connectivity index (χ4n) is 3.50. The molecule has 0 saturated heterocycles. The molecule has 3 N–H and O–H groups in total. The Hall–Kier alpha value is -2.94. The Labute approximate surface area is 176 Å². The van der Waals surface area contributed by atoms with Crippen molar-refractivity contribution in [1.82, 2.24) is 20.1 Å². The van der Waals surface area contributed by atoms with Gasteiger partial charge in [-0.2, -0.15) is 5.10 Å². The zero-order valence-electron chi connectivity index (χ0n) is 17.5. The molecule has 30 heavy (non-hydrogen) atoms. The normalized spacial score (nSPS) is 19.7.